The van der Waals surface area contributed by atoms with Crippen LogP contribution in [0.1, 0.15) is 18.5 Å². The van der Waals surface area contributed by atoms with Crippen molar-refractivity contribution in [2.24, 2.45) is 0 Å². The molecule has 4 aromatic rings. The molecule has 3 aromatic heterocycles. The number of nitrogens with zero attached hydrogens (tertiary/aromatic N) is 6. The molecule has 2 N–H and O–H groups in total. The number of hydrogen-bond donors (Lipinski definition) is 2. The second-order valence-corrected chi connectivity index (χ2v) is 8.19. The molecule has 0 bridgehead atoms. The van der Waals surface area contributed by atoms with Crippen LogP contribution in [0.4, 0.5) is 17.3 Å². The van der Waals surface area contributed by atoms with E-state index in [0.717, 1.165) is 16.8 Å². The monoisotopic (exact) mass is 452 g/mol. The Morgan fingerprint density at radius 1 is 1.03 bits per heavy atom. The van der Waals surface area contributed by atoms with E-state index in [2.05, 4.69) is 20.6 Å². The highest BCUT2D eigenvalue weighted by Gasteiger charge is 2.34. The average Bonchev–Trinajstić information content (AvgIpc) is 3.28. The quantitative estimate of drug-likeness (QED) is 0.476. The molecule has 34 heavy (non-hydrogen) atoms. The summed E-state index contributed by atoms with van der Waals surface area (Å²) >= 11 is 0. The third kappa shape index (κ3) is 3.99. The Kier molecular flexibility index (Phi) is 5.51. The molecular formula is C25H24N8O. The zero-order valence-corrected chi connectivity index (χ0v) is 19.1. The summed E-state index contributed by atoms with van der Waals surface area (Å²) in [4.78, 5) is 28.6. The van der Waals surface area contributed by atoms with Crippen molar-refractivity contribution in [3.8, 4) is 11.4 Å². The Morgan fingerprint density at radius 2 is 1.76 bits per heavy atom. The number of amides is 1. The van der Waals surface area contributed by atoms with Gasteiger partial charge in [-0.2, -0.15) is 4.98 Å². The number of aromatic nitrogens is 5. The number of allylic oxidation sites excluding steroid dienone is 1. The Labute approximate surface area is 197 Å². The summed E-state index contributed by atoms with van der Waals surface area (Å²) in [6, 6.07) is 14.9. The van der Waals surface area contributed by atoms with Crippen molar-refractivity contribution in [1.82, 2.24) is 24.7 Å². The average molecular weight is 453 g/mol. The normalized spacial score (nSPS) is 14.9. The highest BCUT2D eigenvalue weighted by atomic mass is 16.1. The fourth-order valence-electron chi connectivity index (χ4n) is 3.96. The molecule has 1 aromatic carbocycles. The number of anilines is 3. The Hall–Kier alpha value is -4.53. The minimum Gasteiger partial charge on any atom is -0.378 e. The lowest BCUT2D eigenvalue weighted by molar-refractivity contribution is -0.113. The van der Waals surface area contributed by atoms with Crippen molar-refractivity contribution in [3.05, 3.63) is 90.2 Å². The molecule has 1 unspecified atom stereocenters. The first-order chi connectivity index (χ1) is 16.5. The molecule has 170 valence electrons. The van der Waals surface area contributed by atoms with E-state index in [-0.39, 0.29) is 5.91 Å². The summed E-state index contributed by atoms with van der Waals surface area (Å²) in [5.41, 5.74) is 4.65. The van der Waals surface area contributed by atoms with Gasteiger partial charge in [0.15, 0.2) is 5.82 Å². The molecule has 1 atom stereocenters. The van der Waals surface area contributed by atoms with Gasteiger partial charge in [-0.15, -0.1) is 5.10 Å². The molecule has 0 spiro atoms. The lowest BCUT2D eigenvalue weighted by atomic mass is 9.96. The molecule has 0 aliphatic carbocycles. The smallest absolute Gasteiger partial charge is 0.255 e. The van der Waals surface area contributed by atoms with E-state index in [1.165, 1.54) is 0 Å². The Balaban J connectivity index is 1.56. The second-order valence-electron chi connectivity index (χ2n) is 8.19. The molecule has 1 aliphatic rings. The van der Waals surface area contributed by atoms with Gasteiger partial charge in [-0.05, 0) is 55.0 Å². The maximum Gasteiger partial charge on any atom is 0.255 e. The van der Waals surface area contributed by atoms with Crippen LogP contribution in [0.3, 0.4) is 0 Å². The molecule has 1 aliphatic heterocycles. The maximum atomic E-state index is 13.4. The number of benzene rings is 1. The second kappa shape index (κ2) is 8.78. The van der Waals surface area contributed by atoms with Crippen LogP contribution in [0, 0.1) is 0 Å². The van der Waals surface area contributed by atoms with Crippen molar-refractivity contribution in [1.29, 1.82) is 0 Å². The van der Waals surface area contributed by atoms with Crippen LogP contribution < -0.4 is 15.5 Å². The Bertz CT molecular complexity index is 1340. The lowest BCUT2D eigenvalue weighted by Gasteiger charge is -2.28. The zero-order chi connectivity index (χ0) is 23.7. The summed E-state index contributed by atoms with van der Waals surface area (Å²) in [5, 5.41) is 11.0. The number of carbonyl (C=O) groups excluding carboxylic acids is 1. The summed E-state index contributed by atoms with van der Waals surface area (Å²) in [6.07, 6.45) is 6.72. The van der Waals surface area contributed by atoms with Crippen LogP contribution in [-0.2, 0) is 4.79 Å². The summed E-state index contributed by atoms with van der Waals surface area (Å²) < 4.78 is 1.75. The lowest BCUT2D eigenvalue weighted by Crippen LogP contribution is -2.31. The first kappa shape index (κ1) is 21.3. The van der Waals surface area contributed by atoms with E-state index in [0.29, 0.717) is 28.7 Å². The van der Waals surface area contributed by atoms with Crippen LogP contribution >= 0.6 is 0 Å². The van der Waals surface area contributed by atoms with E-state index < -0.39 is 6.04 Å². The SMILES string of the molecule is CC1=C(C(=O)Nc2cccnc2)C(c2cccnc2)n2nc(-c3ccc(N(C)C)cc3)nc2N1. The van der Waals surface area contributed by atoms with E-state index in [1.807, 2.05) is 62.3 Å². The standard InChI is InChI=1S/C25H24N8O/c1-16-21(24(34)29-19-7-5-13-27-15-19)22(18-6-4-12-26-14-18)33-25(28-16)30-23(31-33)17-8-10-20(11-9-17)32(2)3/h4-15,22H,1-3H3,(H,29,34)(H,28,30,31). The predicted octanol–water partition coefficient (Wildman–Crippen LogP) is 3.73. The third-order valence-corrected chi connectivity index (χ3v) is 5.66. The van der Waals surface area contributed by atoms with E-state index in [4.69, 9.17) is 10.1 Å². The van der Waals surface area contributed by atoms with Gasteiger partial charge in [0.2, 0.25) is 5.95 Å². The first-order valence-corrected chi connectivity index (χ1v) is 10.8. The number of rotatable bonds is 5. The summed E-state index contributed by atoms with van der Waals surface area (Å²) in [7, 11) is 4.00. The topological polar surface area (TPSA) is 101 Å². The van der Waals surface area contributed by atoms with E-state index >= 15 is 0 Å². The minimum absolute atomic E-state index is 0.245. The van der Waals surface area contributed by atoms with Crippen molar-refractivity contribution in [2.45, 2.75) is 13.0 Å². The van der Waals surface area contributed by atoms with Gasteiger partial charge in [-0.1, -0.05) is 6.07 Å². The van der Waals surface area contributed by atoms with Crippen molar-refractivity contribution in [2.75, 3.05) is 29.6 Å². The molecule has 9 heteroatoms. The number of fused-ring (bicyclic) bond motifs is 1. The molecule has 9 nitrogen and oxygen atoms in total. The van der Waals surface area contributed by atoms with Gasteiger partial charge < -0.3 is 15.5 Å². The fourth-order valence-corrected chi connectivity index (χ4v) is 3.96. The maximum absolute atomic E-state index is 13.4. The number of carbonyl (C=O) groups is 1. The van der Waals surface area contributed by atoms with E-state index in [1.54, 1.807) is 41.6 Å². The van der Waals surface area contributed by atoms with E-state index in [9.17, 15) is 4.79 Å². The van der Waals surface area contributed by atoms with Gasteiger partial charge in [0.05, 0.1) is 17.5 Å². The molecule has 0 saturated carbocycles. The van der Waals surface area contributed by atoms with Crippen LogP contribution in [0.25, 0.3) is 11.4 Å². The van der Waals surface area contributed by atoms with Crippen molar-refractivity contribution in [3.63, 3.8) is 0 Å². The largest absolute Gasteiger partial charge is 0.378 e. The molecule has 0 radical (unpaired) electrons. The zero-order valence-electron chi connectivity index (χ0n) is 19.1. The molecule has 5 rings (SSSR count). The number of pyridine rings is 2. The highest BCUT2D eigenvalue weighted by molar-refractivity contribution is 6.05. The molecule has 4 heterocycles. The van der Waals surface area contributed by atoms with Crippen LogP contribution in [0.2, 0.25) is 0 Å². The highest BCUT2D eigenvalue weighted by Crippen LogP contribution is 2.36. The van der Waals surface area contributed by atoms with Crippen molar-refractivity contribution < 1.29 is 4.79 Å². The van der Waals surface area contributed by atoms with Gasteiger partial charge in [0, 0.05) is 49.6 Å². The fraction of sp³-hybridized carbons (Fsp3) is 0.160. The molecule has 1 amide bonds. The number of nitrogens with one attached hydrogen (secondary N) is 2. The van der Waals surface area contributed by atoms with Crippen LogP contribution in [0.5, 0.6) is 0 Å². The van der Waals surface area contributed by atoms with Crippen LogP contribution in [0.15, 0.2) is 84.6 Å². The van der Waals surface area contributed by atoms with Gasteiger partial charge in [0.1, 0.15) is 6.04 Å². The summed E-state index contributed by atoms with van der Waals surface area (Å²) in [5.74, 6) is 0.893. The predicted molar refractivity (Wildman–Crippen MR) is 131 cm³/mol. The third-order valence-electron chi connectivity index (χ3n) is 5.66. The summed E-state index contributed by atoms with van der Waals surface area (Å²) in [6.45, 7) is 1.87. The van der Waals surface area contributed by atoms with Crippen molar-refractivity contribution >= 4 is 23.2 Å². The van der Waals surface area contributed by atoms with Gasteiger partial charge in [-0.25, -0.2) is 4.68 Å². The first-order valence-electron chi connectivity index (χ1n) is 10.8. The molecular weight excluding hydrogens is 428 g/mol. The number of hydrogen-bond acceptors (Lipinski definition) is 7. The molecule has 0 saturated heterocycles. The molecule has 0 fully saturated rings. The van der Waals surface area contributed by atoms with Crippen LogP contribution in [-0.4, -0.2) is 44.7 Å². The van der Waals surface area contributed by atoms with Gasteiger partial charge in [-0.3, -0.25) is 14.8 Å². The Morgan fingerprint density at radius 3 is 2.41 bits per heavy atom. The van der Waals surface area contributed by atoms with Gasteiger partial charge >= 0.3 is 0 Å². The van der Waals surface area contributed by atoms with Gasteiger partial charge in [0.25, 0.3) is 5.91 Å². The minimum atomic E-state index is -0.496.